The predicted molar refractivity (Wildman–Crippen MR) is 78.5 cm³/mol. The summed E-state index contributed by atoms with van der Waals surface area (Å²) < 4.78 is 13.2. The van der Waals surface area contributed by atoms with Crippen molar-refractivity contribution in [2.24, 2.45) is 11.8 Å². The lowest BCUT2D eigenvalue weighted by molar-refractivity contribution is 0.223. The van der Waals surface area contributed by atoms with Gasteiger partial charge < -0.3 is 5.32 Å². The Morgan fingerprint density at radius 1 is 1.21 bits per heavy atom. The van der Waals surface area contributed by atoms with Gasteiger partial charge in [0.1, 0.15) is 5.82 Å². The zero-order valence-electron chi connectivity index (χ0n) is 12.3. The van der Waals surface area contributed by atoms with E-state index < -0.39 is 0 Å². The van der Waals surface area contributed by atoms with E-state index in [1.165, 1.54) is 31.7 Å². The van der Waals surface area contributed by atoms with Crippen molar-refractivity contribution in [2.45, 2.75) is 58.5 Å². The maximum atomic E-state index is 13.2. The summed E-state index contributed by atoms with van der Waals surface area (Å²) in [5, 5.41) is 3.68. The minimum Gasteiger partial charge on any atom is -0.307 e. The second-order valence-electron chi connectivity index (χ2n) is 6.31. The SMILES string of the molecule is CC(C)C1CCCC(N[C@@H](C)c2cccc(F)c2)C1. The normalized spacial score (nSPS) is 25.5. The monoisotopic (exact) mass is 263 g/mol. The fourth-order valence-electron chi connectivity index (χ4n) is 3.21. The fourth-order valence-corrected chi connectivity index (χ4v) is 3.21. The average Bonchev–Trinajstić information content (AvgIpc) is 2.39. The van der Waals surface area contributed by atoms with E-state index in [-0.39, 0.29) is 11.9 Å². The Labute approximate surface area is 116 Å². The van der Waals surface area contributed by atoms with Crippen LogP contribution < -0.4 is 5.32 Å². The van der Waals surface area contributed by atoms with Crippen LogP contribution >= 0.6 is 0 Å². The molecule has 0 spiro atoms. The molecular weight excluding hydrogens is 237 g/mol. The highest BCUT2D eigenvalue weighted by atomic mass is 19.1. The Hall–Kier alpha value is -0.890. The molecule has 3 atom stereocenters. The largest absolute Gasteiger partial charge is 0.307 e. The second kappa shape index (κ2) is 6.51. The molecule has 2 heteroatoms. The lowest BCUT2D eigenvalue weighted by Crippen LogP contribution is -2.37. The molecule has 0 radical (unpaired) electrons. The van der Waals surface area contributed by atoms with Crippen molar-refractivity contribution in [1.82, 2.24) is 5.32 Å². The highest BCUT2D eigenvalue weighted by molar-refractivity contribution is 5.19. The van der Waals surface area contributed by atoms with Gasteiger partial charge in [0.25, 0.3) is 0 Å². The third kappa shape index (κ3) is 4.04. The van der Waals surface area contributed by atoms with Crippen LogP contribution in [0.4, 0.5) is 4.39 Å². The van der Waals surface area contributed by atoms with Crippen molar-refractivity contribution >= 4 is 0 Å². The molecule has 2 rings (SSSR count). The minimum absolute atomic E-state index is 0.144. The number of hydrogen-bond donors (Lipinski definition) is 1. The smallest absolute Gasteiger partial charge is 0.123 e. The van der Waals surface area contributed by atoms with Crippen LogP contribution in [0.3, 0.4) is 0 Å². The summed E-state index contributed by atoms with van der Waals surface area (Å²) >= 11 is 0. The van der Waals surface area contributed by atoms with Crippen molar-refractivity contribution in [3.05, 3.63) is 35.6 Å². The minimum atomic E-state index is -0.144. The quantitative estimate of drug-likeness (QED) is 0.831. The van der Waals surface area contributed by atoms with E-state index in [2.05, 4.69) is 26.1 Å². The van der Waals surface area contributed by atoms with Crippen LogP contribution in [0.1, 0.15) is 58.1 Å². The highest BCUT2D eigenvalue weighted by Gasteiger charge is 2.25. The molecule has 19 heavy (non-hydrogen) atoms. The Bertz CT molecular complexity index is 402. The predicted octanol–water partition coefficient (Wildman–Crippen LogP) is 4.69. The summed E-state index contributed by atoms with van der Waals surface area (Å²) in [7, 11) is 0. The Morgan fingerprint density at radius 3 is 2.68 bits per heavy atom. The van der Waals surface area contributed by atoms with E-state index in [4.69, 9.17) is 0 Å². The van der Waals surface area contributed by atoms with Crippen LogP contribution in [-0.4, -0.2) is 6.04 Å². The van der Waals surface area contributed by atoms with Crippen molar-refractivity contribution in [3.8, 4) is 0 Å². The molecule has 2 unspecified atom stereocenters. The molecule has 0 saturated heterocycles. The van der Waals surface area contributed by atoms with Crippen LogP contribution in [0.5, 0.6) is 0 Å². The Balaban J connectivity index is 1.93. The second-order valence-corrected chi connectivity index (χ2v) is 6.31. The molecule has 0 aromatic heterocycles. The first-order valence-electron chi connectivity index (χ1n) is 7.57. The van der Waals surface area contributed by atoms with Gasteiger partial charge in [0.05, 0.1) is 0 Å². The Morgan fingerprint density at radius 2 is 2.00 bits per heavy atom. The van der Waals surface area contributed by atoms with Gasteiger partial charge in [0.2, 0.25) is 0 Å². The van der Waals surface area contributed by atoms with E-state index >= 15 is 0 Å². The van der Waals surface area contributed by atoms with Gasteiger partial charge in [-0.05, 0) is 49.3 Å². The third-order valence-corrected chi connectivity index (χ3v) is 4.49. The van der Waals surface area contributed by atoms with Gasteiger partial charge in [-0.2, -0.15) is 0 Å². The van der Waals surface area contributed by atoms with Crippen LogP contribution in [0.25, 0.3) is 0 Å². The summed E-state index contributed by atoms with van der Waals surface area (Å²) in [6, 6.07) is 7.75. The van der Waals surface area contributed by atoms with Gasteiger partial charge in [0.15, 0.2) is 0 Å². The maximum absolute atomic E-state index is 13.2. The Kier molecular flexibility index (Phi) is 4.98. The molecule has 0 heterocycles. The maximum Gasteiger partial charge on any atom is 0.123 e. The topological polar surface area (TPSA) is 12.0 Å². The molecule has 1 N–H and O–H groups in total. The molecule has 1 aliphatic rings. The average molecular weight is 263 g/mol. The first-order chi connectivity index (χ1) is 9.06. The van der Waals surface area contributed by atoms with Crippen molar-refractivity contribution in [2.75, 3.05) is 0 Å². The summed E-state index contributed by atoms with van der Waals surface area (Å²) in [5.74, 6) is 1.47. The molecule has 1 aliphatic carbocycles. The van der Waals surface area contributed by atoms with Crippen molar-refractivity contribution in [3.63, 3.8) is 0 Å². The van der Waals surface area contributed by atoms with Gasteiger partial charge in [-0.3, -0.25) is 0 Å². The molecule has 0 amide bonds. The lowest BCUT2D eigenvalue weighted by atomic mass is 9.79. The number of halogens is 1. The van der Waals surface area contributed by atoms with E-state index in [0.29, 0.717) is 6.04 Å². The molecule has 0 bridgehead atoms. The molecule has 106 valence electrons. The standard InChI is InChI=1S/C17H26FN/c1-12(2)14-6-5-9-17(11-14)19-13(3)15-7-4-8-16(18)10-15/h4,7-8,10,12-14,17,19H,5-6,9,11H2,1-3H3/t13-,14?,17?/m0/s1. The van der Waals surface area contributed by atoms with Gasteiger partial charge in [-0.25, -0.2) is 4.39 Å². The van der Waals surface area contributed by atoms with E-state index in [0.717, 1.165) is 17.4 Å². The molecule has 1 fully saturated rings. The number of rotatable bonds is 4. The van der Waals surface area contributed by atoms with Crippen molar-refractivity contribution in [1.29, 1.82) is 0 Å². The van der Waals surface area contributed by atoms with E-state index in [9.17, 15) is 4.39 Å². The molecule has 1 aromatic rings. The third-order valence-electron chi connectivity index (χ3n) is 4.49. The van der Waals surface area contributed by atoms with Crippen molar-refractivity contribution < 1.29 is 4.39 Å². The van der Waals surface area contributed by atoms with Crippen LogP contribution in [0.2, 0.25) is 0 Å². The van der Waals surface area contributed by atoms with Crippen LogP contribution in [-0.2, 0) is 0 Å². The molecule has 1 saturated carbocycles. The first-order valence-corrected chi connectivity index (χ1v) is 7.57. The van der Waals surface area contributed by atoms with Gasteiger partial charge in [-0.1, -0.05) is 38.8 Å². The summed E-state index contributed by atoms with van der Waals surface area (Å²) in [4.78, 5) is 0. The van der Waals surface area contributed by atoms with Crippen LogP contribution in [0.15, 0.2) is 24.3 Å². The zero-order chi connectivity index (χ0) is 13.8. The van der Waals surface area contributed by atoms with Crippen LogP contribution in [0, 0.1) is 17.7 Å². The van der Waals surface area contributed by atoms with E-state index in [1.807, 2.05) is 6.07 Å². The lowest BCUT2D eigenvalue weighted by Gasteiger charge is -2.34. The first kappa shape index (κ1) is 14.5. The van der Waals surface area contributed by atoms with E-state index in [1.54, 1.807) is 12.1 Å². The fraction of sp³-hybridized carbons (Fsp3) is 0.647. The molecule has 1 nitrogen and oxygen atoms in total. The summed E-state index contributed by atoms with van der Waals surface area (Å²) in [6.07, 6.45) is 5.20. The molecular formula is C17H26FN. The van der Waals surface area contributed by atoms with Gasteiger partial charge >= 0.3 is 0 Å². The molecule has 1 aromatic carbocycles. The number of nitrogens with one attached hydrogen (secondary N) is 1. The summed E-state index contributed by atoms with van der Waals surface area (Å²) in [6.45, 7) is 6.78. The number of hydrogen-bond acceptors (Lipinski definition) is 1. The highest BCUT2D eigenvalue weighted by Crippen LogP contribution is 2.31. The number of benzene rings is 1. The zero-order valence-corrected chi connectivity index (χ0v) is 12.3. The molecule has 0 aliphatic heterocycles. The van der Waals surface area contributed by atoms with Gasteiger partial charge in [0, 0.05) is 12.1 Å². The summed E-state index contributed by atoms with van der Waals surface area (Å²) in [5.41, 5.74) is 1.05. The van der Waals surface area contributed by atoms with Gasteiger partial charge in [-0.15, -0.1) is 0 Å².